The summed E-state index contributed by atoms with van der Waals surface area (Å²) in [5.74, 6) is 1.43. The van der Waals surface area contributed by atoms with E-state index in [1.807, 2.05) is 12.1 Å². The number of rotatable bonds is 6. The molecule has 1 aromatic heterocycles. The van der Waals surface area contributed by atoms with Gasteiger partial charge in [-0.3, -0.25) is 10.1 Å². The molecule has 0 aliphatic carbocycles. The Labute approximate surface area is 130 Å². The van der Waals surface area contributed by atoms with Crippen molar-refractivity contribution in [3.05, 3.63) is 51.0 Å². The standard InChI is InChI=1S/C14H14BrN3O3/c1-2-8-16-13-4-3-5-14(17-13)21-12-9-10(18(19)20)6-7-11(12)15/h3-7,9H,2,8H2,1H3,(H,16,17). The van der Waals surface area contributed by atoms with Crippen molar-refractivity contribution in [1.82, 2.24) is 4.98 Å². The number of nitro groups is 1. The number of anilines is 1. The molecule has 7 heteroatoms. The van der Waals surface area contributed by atoms with Crippen molar-refractivity contribution in [2.45, 2.75) is 13.3 Å². The summed E-state index contributed by atoms with van der Waals surface area (Å²) in [4.78, 5) is 14.6. The SMILES string of the molecule is CCCNc1cccc(Oc2cc([N+](=O)[O-])ccc2Br)n1. The van der Waals surface area contributed by atoms with E-state index in [1.165, 1.54) is 12.1 Å². The molecule has 2 rings (SSSR count). The Bertz CT molecular complexity index is 649. The maximum Gasteiger partial charge on any atom is 0.273 e. The molecular weight excluding hydrogens is 338 g/mol. The van der Waals surface area contributed by atoms with Crippen LogP contribution in [0.2, 0.25) is 0 Å². The topological polar surface area (TPSA) is 77.3 Å². The molecule has 0 radical (unpaired) electrons. The summed E-state index contributed by atoms with van der Waals surface area (Å²) in [6, 6.07) is 9.69. The fourth-order valence-corrected chi connectivity index (χ4v) is 1.95. The van der Waals surface area contributed by atoms with Crippen LogP contribution in [0.5, 0.6) is 11.6 Å². The maximum absolute atomic E-state index is 10.8. The Balaban J connectivity index is 2.21. The molecule has 0 spiro atoms. The van der Waals surface area contributed by atoms with Gasteiger partial charge in [-0.25, -0.2) is 0 Å². The average molecular weight is 352 g/mol. The lowest BCUT2D eigenvalue weighted by Crippen LogP contribution is -2.02. The van der Waals surface area contributed by atoms with Gasteiger partial charge < -0.3 is 10.1 Å². The largest absolute Gasteiger partial charge is 0.438 e. The van der Waals surface area contributed by atoms with Crippen molar-refractivity contribution in [1.29, 1.82) is 0 Å². The second-order valence-electron chi connectivity index (χ2n) is 4.26. The number of non-ortho nitro benzene ring substituents is 1. The summed E-state index contributed by atoms with van der Waals surface area (Å²) in [6.45, 7) is 2.88. The van der Waals surface area contributed by atoms with E-state index in [1.54, 1.807) is 12.1 Å². The summed E-state index contributed by atoms with van der Waals surface area (Å²) < 4.78 is 6.24. The molecule has 0 atom stereocenters. The molecule has 1 heterocycles. The van der Waals surface area contributed by atoms with Gasteiger partial charge in [-0.05, 0) is 34.5 Å². The van der Waals surface area contributed by atoms with Gasteiger partial charge >= 0.3 is 0 Å². The minimum atomic E-state index is -0.466. The zero-order valence-electron chi connectivity index (χ0n) is 11.4. The predicted molar refractivity (Wildman–Crippen MR) is 83.9 cm³/mol. The highest BCUT2D eigenvalue weighted by atomic mass is 79.9. The van der Waals surface area contributed by atoms with Gasteiger partial charge in [0.15, 0.2) is 5.75 Å². The van der Waals surface area contributed by atoms with Gasteiger partial charge in [-0.15, -0.1) is 0 Å². The van der Waals surface area contributed by atoms with Crippen molar-refractivity contribution in [2.75, 3.05) is 11.9 Å². The first-order chi connectivity index (χ1) is 10.1. The molecule has 0 bridgehead atoms. The van der Waals surface area contributed by atoms with E-state index in [4.69, 9.17) is 4.74 Å². The molecule has 6 nitrogen and oxygen atoms in total. The average Bonchev–Trinajstić information content (AvgIpc) is 2.47. The number of pyridine rings is 1. The molecule has 0 saturated carbocycles. The van der Waals surface area contributed by atoms with Crippen molar-refractivity contribution in [3.63, 3.8) is 0 Å². The van der Waals surface area contributed by atoms with Crippen LogP contribution in [-0.4, -0.2) is 16.5 Å². The maximum atomic E-state index is 10.8. The highest BCUT2D eigenvalue weighted by molar-refractivity contribution is 9.10. The van der Waals surface area contributed by atoms with E-state index in [-0.39, 0.29) is 5.69 Å². The van der Waals surface area contributed by atoms with Crippen LogP contribution in [0.25, 0.3) is 0 Å². The van der Waals surface area contributed by atoms with Gasteiger partial charge in [0, 0.05) is 18.7 Å². The first kappa shape index (κ1) is 15.2. The van der Waals surface area contributed by atoms with Gasteiger partial charge in [-0.2, -0.15) is 4.98 Å². The highest BCUT2D eigenvalue weighted by Crippen LogP contribution is 2.32. The summed E-state index contributed by atoms with van der Waals surface area (Å²) in [5, 5.41) is 14.0. The van der Waals surface area contributed by atoms with Crippen LogP contribution in [0, 0.1) is 10.1 Å². The van der Waals surface area contributed by atoms with Crippen LogP contribution in [0.4, 0.5) is 11.5 Å². The Morgan fingerprint density at radius 2 is 2.19 bits per heavy atom. The molecular formula is C14H14BrN3O3. The molecule has 0 unspecified atom stereocenters. The van der Waals surface area contributed by atoms with Crippen molar-refractivity contribution < 1.29 is 9.66 Å². The Morgan fingerprint density at radius 1 is 1.38 bits per heavy atom. The molecule has 1 aromatic carbocycles. The van der Waals surface area contributed by atoms with Gasteiger partial charge in [0.25, 0.3) is 5.69 Å². The number of hydrogen-bond acceptors (Lipinski definition) is 5. The third-order valence-corrected chi connectivity index (χ3v) is 3.27. The van der Waals surface area contributed by atoms with E-state index in [0.717, 1.165) is 13.0 Å². The lowest BCUT2D eigenvalue weighted by Gasteiger charge is -2.09. The summed E-state index contributed by atoms with van der Waals surface area (Å²) in [5.41, 5.74) is -0.0338. The number of benzene rings is 1. The van der Waals surface area contributed by atoms with Gasteiger partial charge in [0.05, 0.1) is 15.5 Å². The van der Waals surface area contributed by atoms with Crippen LogP contribution < -0.4 is 10.1 Å². The summed E-state index contributed by atoms with van der Waals surface area (Å²) in [7, 11) is 0. The number of hydrogen-bond donors (Lipinski definition) is 1. The molecule has 21 heavy (non-hydrogen) atoms. The smallest absolute Gasteiger partial charge is 0.273 e. The second kappa shape index (κ2) is 7.03. The summed E-state index contributed by atoms with van der Waals surface area (Å²) >= 11 is 3.31. The Hall–Kier alpha value is -2.15. The Morgan fingerprint density at radius 3 is 2.90 bits per heavy atom. The van der Waals surface area contributed by atoms with E-state index in [9.17, 15) is 10.1 Å². The minimum Gasteiger partial charge on any atom is -0.438 e. The minimum absolute atomic E-state index is 0.0338. The van der Waals surface area contributed by atoms with E-state index >= 15 is 0 Å². The monoisotopic (exact) mass is 351 g/mol. The molecule has 0 aliphatic rings. The van der Waals surface area contributed by atoms with Crippen molar-refractivity contribution >= 4 is 27.4 Å². The first-order valence-electron chi connectivity index (χ1n) is 6.43. The van der Waals surface area contributed by atoms with Gasteiger partial charge in [0.2, 0.25) is 5.88 Å². The number of nitrogens with zero attached hydrogens (tertiary/aromatic N) is 2. The molecule has 0 fully saturated rings. The van der Waals surface area contributed by atoms with Crippen LogP contribution in [0.3, 0.4) is 0 Å². The second-order valence-corrected chi connectivity index (χ2v) is 5.12. The molecule has 1 N–H and O–H groups in total. The first-order valence-corrected chi connectivity index (χ1v) is 7.22. The van der Waals surface area contributed by atoms with E-state index < -0.39 is 4.92 Å². The van der Waals surface area contributed by atoms with Crippen molar-refractivity contribution in [2.24, 2.45) is 0 Å². The molecule has 2 aromatic rings. The lowest BCUT2D eigenvalue weighted by molar-refractivity contribution is -0.384. The number of nitrogens with one attached hydrogen (secondary N) is 1. The molecule has 0 amide bonds. The molecule has 0 aliphatic heterocycles. The zero-order chi connectivity index (χ0) is 15.2. The quantitative estimate of drug-likeness (QED) is 0.617. The highest BCUT2D eigenvalue weighted by Gasteiger charge is 2.12. The number of halogens is 1. The van der Waals surface area contributed by atoms with E-state index in [2.05, 4.69) is 33.2 Å². The normalized spacial score (nSPS) is 10.2. The third kappa shape index (κ3) is 4.16. The number of nitro benzene ring substituents is 1. The van der Waals surface area contributed by atoms with Gasteiger partial charge in [0.1, 0.15) is 5.82 Å². The van der Waals surface area contributed by atoms with Crippen molar-refractivity contribution in [3.8, 4) is 11.6 Å². The van der Waals surface area contributed by atoms with Crippen LogP contribution in [-0.2, 0) is 0 Å². The lowest BCUT2D eigenvalue weighted by atomic mass is 10.3. The van der Waals surface area contributed by atoms with Gasteiger partial charge in [-0.1, -0.05) is 13.0 Å². The van der Waals surface area contributed by atoms with Crippen LogP contribution in [0.15, 0.2) is 40.9 Å². The Kier molecular flexibility index (Phi) is 5.10. The summed E-state index contributed by atoms with van der Waals surface area (Å²) in [6.07, 6.45) is 0.989. The number of ether oxygens (including phenoxy) is 1. The molecule has 0 saturated heterocycles. The molecule has 110 valence electrons. The third-order valence-electron chi connectivity index (χ3n) is 2.62. The van der Waals surface area contributed by atoms with E-state index in [0.29, 0.717) is 21.9 Å². The number of aromatic nitrogens is 1. The predicted octanol–water partition coefficient (Wildman–Crippen LogP) is 4.37. The zero-order valence-corrected chi connectivity index (χ0v) is 13.0. The fraction of sp³-hybridized carbons (Fsp3) is 0.214. The van der Waals surface area contributed by atoms with Crippen LogP contribution >= 0.6 is 15.9 Å². The van der Waals surface area contributed by atoms with Crippen LogP contribution in [0.1, 0.15) is 13.3 Å². The fourth-order valence-electron chi connectivity index (χ4n) is 1.62.